The highest BCUT2D eigenvalue weighted by molar-refractivity contribution is 5.95. The van der Waals surface area contributed by atoms with Crippen molar-refractivity contribution < 1.29 is 19.0 Å². The molecule has 2 aliphatic heterocycles. The van der Waals surface area contributed by atoms with E-state index in [1.54, 1.807) is 18.2 Å². The van der Waals surface area contributed by atoms with Gasteiger partial charge in [-0.05, 0) is 30.5 Å². The highest BCUT2D eigenvalue weighted by atomic mass is 16.7. The second-order valence-electron chi connectivity index (χ2n) is 6.64. The van der Waals surface area contributed by atoms with Gasteiger partial charge in [-0.25, -0.2) is 0 Å². The molecule has 1 aromatic rings. The van der Waals surface area contributed by atoms with Crippen LogP contribution >= 0.6 is 0 Å². The van der Waals surface area contributed by atoms with Gasteiger partial charge in [-0.1, -0.05) is 26.7 Å². The SMILES string of the molecule is CC(C)CCC[C@@H]1CN(C(=O)c2ccc3c(c2)OCO3)CCO1. The molecule has 3 rings (SSSR count). The fourth-order valence-corrected chi connectivity index (χ4v) is 3.04. The van der Waals surface area contributed by atoms with Gasteiger partial charge in [0.25, 0.3) is 5.91 Å². The Morgan fingerprint density at radius 2 is 2.13 bits per heavy atom. The average molecular weight is 319 g/mol. The summed E-state index contributed by atoms with van der Waals surface area (Å²) in [4.78, 5) is 14.6. The van der Waals surface area contributed by atoms with Gasteiger partial charge in [0.05, 0.1) is 12.7 Å². The van der Waals surface area contributed by atoms with Crippen molar-refractivity contribution in [3.63, 3.8) is 0 Å². The quantitative estimate of drug-likeness (QED) is 0.837. The Bertz CT molecular complexity index is 558. The lowest BCUT2D eigenvalue weighted by molar-refractivity contribution is -0.0260. The minimum atomic E-state index is 0.0421. The molecule has 0 bridgehead atoms. The third-order valence-corrected chi connectivity index (χ3v) is 4.35. The maximum absolute atomic E-state index is 12.7. The molecule has 2 heterocycles. The summed E-state index contributed by atoms with van der Waals surface area (Å²) >= 11 is 0. The van der Waals surface area contributed by atoms with Crippen molar-refractivity contribution in [2.75, 3.05) is 26.5 Å². The summed E-state index contributed by atoms with van der Waals surface area (Å²) < 4.78 is 16.5. The number of amides is 1. The second kappa shape index (κ2) is 7.21. The van der Waals surface area contributed by atoms with Crippen LogP contribution in [0.2, 0.25) is 0 Å². The normalized spacial score (nSPS) is 20.1. The van der Waals surface area contributed by atoms with Crippen molar-refractivity contribution in [2.45, 2.75) is 39.2 Å². The molecule has 1 aromatic carbocycles. The Hall–Kier alpha value is -1.75. The minimum absolute atomic E-state index is 0.0421. The number of ether oxygens (including phenoxy) is 3. The van der Waals surface area contributed by atoms with Crippen molar-refractivity contribution in [2.24, 2.45) is 5.92 Å². The van der Waals surface area contributed by atoms with Gasteiger partial charge in [0.15, 0.2) is 11.5 Å². The molecule has 5 heteroatoms. The van der Waals surface area contributed by atoms with E-state index in [2.05, 4.69) is 13.8 Å². The molecule has 0 unspecified atom stereocenters. The van der Waals surface area contributed by atoms with E-state index in [0.29, 0.717) is 42.7 Å². The molecule has 0 spiro atoms. The topological polar surface area (TPSA) is 48.0 Å². The number of rotatable bonds is 5. The highest BCUT2D eigenvalue weighted by Crippen LogP contribution is 2.33. The monoisotopic (exact) mass is 319 g/mol. The molecule has 1 amide bonds. The fourth-order valence-electron chi connectivity index (χ4n) is 3.04. The molecule has 0 saturated carbocycles. The standard InChI is InChI=1S/C18H25NO4/c1-13(2)4-3-5-15-11-19(8-9-21-15)18(20)14-6-7-16-17(10-14)23-12-22-16/h6-7,10,13,15H,3-5,8-9,11-12H2,1-2H3/t15-/m1/s1. The zero-order valence-electron chi connectivity index (χ0n) is 13.9. The first-order chi connectivity index (χ1) is 11.1. The van der Waals surface area contributed by atoms with Crippen molar-refractivity contribution in [3.8, 4) is 11.5 Å². The molecule has 126 valence electrons. The minimum Gasteiger partial charge on any atom is -0.454 e. The molecule has 0 N–H and O–H groups in total. The van der Waals surface area contributed by atoms with Crippen molar-refractivity contribution in [3.05, 3.63) is 23.8 Å². The largest absolute Gasteiger partial charge is 0.454 e. The van der Waals surface area contributed by atoms with Gasteiger partial charge >= 0.3 is 0 Å². The molecule has 0 aliphatic carbocycles. The number of benzene rings is 1. The van der Waals surface area contributed by atoms with Crippen LogP contribution in [0.4, 0.5) is 0 Å². The molecular weight excluding hydrogens is 294 g/mol. The van der Waals surface area contributed by atoms with Crippen LogP contribution in [0.25, 0.3) is 0 Å². The molecule has 1 saturated heterocycles. The van der Waals surface area contributed by atoms with Gasteiger partial charge in [-0.3, -0.25) is 4.79 Å². The van der Waals surface area contributed by atoms with Gasteiger partial charge in [-0.15, -0.1) is 0 Å². The van der Waals surface area contributed by atoms with Crippen molar-refractivity contribution in [1.82, 2.24) is 4.90 Å². The third-order valence-electron chi connectivity index (χ3n) is 4.35. The summed E-state index contributed by atoms with van der Waals surface area (Å²) in [6.07, 6.45) is 3.52. The first kappa shape index (κ1) is 16.1. The molecule has 5 nitrogen and oxygen atoms in total. The van der Waals surface area contributed by atoms with E-state index in [1.807, 2.05) is 4.90 Å². The maximum Gasteiger partial charge on any atom is 0.254 e. The number of carbonyl (C=O) groups is 1. The van der Waals surface area contributed by atoms with Crippen LogP contribution in [0.1, 0.15) is 43.5 Å². The Balaban J connectivity index is 1.58. The van der Waals surface area contributed by atoms with E-state index in [4.69, 9.17) is 14.2 Å². The molecule has 0 radical (unpaired) electrons. The number of morpholine rings is 1. The lowest BCUT2D eigenvalue weighted by Crippen LogP contribution is -2.45. The van der Waals surface area contributed by atoms with Crippen molar-refractivity contribution >= 4 is 5.91 Å². The Morgan fingerprint density at radius 1 is 1.30 bits per heavy atom. The zero-order valence-corrected chi connectivity index (χ0v) is 13.9. The van der Waals surface area contributed by atoms with Crippen LogP contribution < -0.4 is 9.47 Å². The summed E-state index contributed by atoms with van der Waals surface area (Å²) in [6.45, 7) is 6.62. The van der Waals surface area contributed by atoms with Crippen LogP contribution in [-0.2, 0) is 4.74 Å². The fraction of sp³-hybridized carbons (Fsp3) is 0.611. The van der Waals surface area contributed by atoms with Crippen LogP contribution in [0.5, 0.6) is 11.5 Å². The number of hydrogen-bond donors (Lipinski definition) is 0. The predicted octanol–water partition coefficient (Wildman–Crippen LogP) is 3.08. The van der Waals surface area contributed by atoms with Gasteiger partial charge < -0.3 is 19.1 Å². The van der Waals surface area contributed by atoms with Crippen LogP contribution in [-0.4, -0.2) is 43.4 Å². The summed E-state index contributed by atoms with van der Waals surface area (Å²) in [7, 11) is 0. The number of carbonyl (C=O) groups excluding carboxylic acids is 1. The Morgan fingerprint density at radius 3 is 2.96 bits per heavy atom. The third kappa shape index (κ3) is 3.96. The van der Waals surface area contributed by atoms with Gasteiger partial charge in [-0.2, -0.15) is 0 Å². The van der Waals surface area contributed by atoms with Gasteiger partial charge in [0.1, 0.15) is 0 Å². The first-order valence-corrected chi connectivity index (χ1v) is 8.44. The van der Waals surface area contributed by atoms with Crippen LogP contribution in [0.3, 0.4) is 0 Å². The molecular formula is C18H25NO4. The van der Waals surface area contributed by atoms with Crippen LogP contribution in [0.15, 0.2) is 18.2 Å². The number of nitrogens with zero attached hydrogens (tertiary/aromatic N) is 1. The predicted molar refractivity (Wildman–Crippen MR) is 86.9 cm³/mol. The summed E-state index contributed by atoms with van der Waals surface area (Å²) in [6, 6.07) is 5.38. The van der Waals surface area contributed by atoms with E-state index in [9.17, 15) is 4.79 Å². The molecule has 0 aromatic heterocycles. The number of fused-ring (bicyclic) bond motifs is 1. The first-order valence-electron chi connectivity index (χ1n) is 8.44. The number of hydrogen-bond acceptors (Lipinski definition) is 4. The van der Waals surface area contributed by atoms with E-state index in [-0.39, 0.29) is 18.8 Å². The van der Waals surface area contributed by atoms with Crippen LogP contribution in [0, 0.1) is 5.92 Å². The highest BCUT2D eigenvalue weighted by Gasteiger charge is 2.26. The molecule has 2 aliphatic rings. The van der Waals surface area contributed by atoms with E-state index >= 15 is 0 Å². The molecule has 1 fully saturated rings. The zero-order chi connectivity index (χ0) is 16.2. The van der Waals surface area contributed by atoms with E-state index in [1.165, 1.54) is 6.42 Å². The maximum atomic E-state index is 12.7. The lowest BCUT2D eigenvalue weighted by Gasteiger charge is -2.33. The smallest absolute Gasteiger partial charge is 0.254 e. The summed E-state index contributed by atoms with van der Waals surface area (Å²) in [5.41, 5.74) is 0.650. The van der Waals surface area contributed by atoms with E-state index < -0.39 is 0 Å². The lowest BCUT2D eigenvalue weighted by atomic mass is 10.0. The van der Waals surface area contributed by atoms with Gasteiger partial charge in [0.2, 0.25) is 6.79 Å². The Labute approximate surface area is 137 Å². The van der Waals surface area contributed by atoms with Gasteiger partial charge in [0, 0.05) is 18.7 Å². The van der Waals surface area contributed by atoms with Crippen molar-refractivity contribution in [1.29, 1.82) is 0 Å². The second-order valence-corrected chi connectivity index (χ2v) is 6.64. The van der Waals surface area contributed by atoms with E-state index in [0.717, 1.165) is 12.8 Å². The summed E-state index contributed by atoms with van der Waals surface area (Å²) in [5.74, 6) is 2.11. The molecule has 23 heavy (non-hydrogen) atoms. The summed E-state index contributed by atoms with van der Waals surface area (Å²) in [5, 5.41) is 0. The molecule has 1 atom stereocenters. The Kier molecular flexibility index (Phi) is 5.06. The average Bonchev–Trinajstić information content (AvgIpc) is 3.01.